The first-order valence-electron chi connectivity index (χ1n) is 9.94. The molecule has 1 atom stereocenters. The number of hydrogen-bond acceptors (Lipinski definition) is 6. The molecule has 32 heavy (non-hydrogen) atoms. The van der Waals surface area contributed by atoms with Crippen molar-refractivity contribution in [3.05, 3.63) is 47.7 Å². The molecule has 1 fully saturated rings. The van der Waals surface area contributed by atoms with Crippen molar-refractivity contribution in [1.29, 1.82) is 0 Å². The molecule has 0 unspecified atom stereocenters. The molecule has 8 nitrogen and oxygen atoms in total. The largest absolute Gasteiger partial charge is 0.497 e. The molecule has 2 aromatic rings. The zero-order valence-corrected chi connectivity index (χ0v) is 18.1. The van der Waals surface area contributed by atoms with Crippen molar-refractivity contribution in [3.8, 4) is 17.4 Å². The fourth-order valence-corrected chi connectivity index (χ4v) is 3.45. The van der Waals surface area contributed by atoms with Gasteiger partial charge in [-0.25, -0.2) is 13.8 Å². The number of likely N-dealkylation sites (tertiary alicyclic amines) is 1. The zero-order valence-electron chi connectivity index (χ0n) is 18.1. The summed E-state index contributed by atoms with van der Waals surface area (Å²) in [5.74, 6) is -3.02. The van der Waals surface area contributed by atoms with E-state index in [0.717, 1.165) is 0 Å². The molecule has 0 radical (unpaired) electrons. The van der Waals surface area contributed by atoms with E-state index in [0.29, 0.717) is 22.9 Å². The van der Waals surface area contributed by atoms with Crippen LogP contribution in [0.15, 0.2) is 36.5 Å². The van der Waals surface area contributed by atoms with E-state index < -0.39 is 36.6 Å². The number of amides is 2. The zero-order chi connectivity index (χ0) is 23.3. The Bertz CT molecular complexity index is 969. The Morgan fingerprint density at radius 2 is 1.97 bits per heavy atom. The van der Waals surface area contributed by atoms with Crippen LogP contribution in [0.3, 0.4) is 0 Å². The summed E-state index contributed by atoms with van der Waals surface area (Å²) in [6.45, 7) is -0.101. The Balaban J connectivity index is 1.80. The molecule has 1 aromatic heterocycles. The highest BCUT2D eigenvalue weighted by Crippen LogP contribution is 2.31. The summed E-state index contributed by atoms with van der Waals surface area (Å²) in [4.78, 5) is 30.9. The predicted octanol–water partition coefficient (Wildman–Crippen LogP) is 2.66. The van der Waals surface area contributed by atoms with Crippen molar-refractivity contribution in [2.45, 2.75) is 31.4 Å². The fraction of sp³-hybridized carbons (Fsp3) is 0.409. The maximum atomic E-state index is 14.4. The number of ether oxygens (including phenoxy) is 3. The van der Waals surface area contributed by atoms with Crippen molar-refractivity contribution in [2.24, 2.45) is 0 Å². The summed E-state index contributed by atoms with van der Waals surface area (Å²) in [7, 11) is 4.42. The average Bonchev–Trinajstić information content (AvgIpc) is 2.90. The maximum Gasteiger partial charge on any atom is 0.253 e. The number of rotatable bonds is 7. The van der Waals surface area contributed by atoms with E-state index in [2.05, 4.69) is 10.3 Å². The molecule has 2 heterocycles. The van der Waals surface area contributed by atoms with Crippen molar-refractivity contribution in [1.82, 2.24) is 15.2 Å². The van der Waals surface area contributed by atoms with Gasteiger partial charge in [-0.15, -0.1) is 0 Å². The number of aromatic nitrogens is 1. The van der Waals surface area contributed by atoms with E-state index >= 15 is 0 Å². The van der Waals surface area contributed by atoms with Gasteiger partial charge in [-0.3, -0.25) is 9.59 Å². The summed E-state index contributed by atoms with van der Waals surface area (Å²) in [5.41, 5.74) is 0.769. The van der Waals surface area contributed by atoms with Crippen LogP contribution in [-0.4, -0.2) is 61.5 Å². The number of alkyl halides is 2. The van der Waals surface area contributed by atoms with Gasteiger partial charge in [-0.2, -0.15) is 0 Å². The molecule has 0 bridgehead atoms. The monoisotopic (exact) mass is 449 g/mol. The smallest absolute Gasteiger partial charge is 0.253 e. The molecule has 0 aliphatic carbocycles. The van der Waals surface area contributed by atoms with Gasteiger partial charge in [0.1, 0.15) is 17.5 Å². The van der Waals surface area contributed by atoms with E-state index in [1.54, 1.807) is 18.2 Å². The molecule has 10 heteroatoms. The first-order chi connectivity index (χ1) is 15.3. The number of carbonyl (C=O) groups excluding carboxylic acids is 2. The SMILES string of the molecule is COc1ccc(CN2CCC(F)(F)C[C@@H](NC(=O)c3ccc(OC)nc3)C2=O)c(OC)c1. The van der Waals surface area contributed by atoms with Crippen molar-refractivity contribution in [2.75, 3.05) is 27.9 Å². The first kappa shape index (κ1) is 23.2. The van der Waals surface area contributed by atoms with Gasteiger partial charge in [0.05, 0.1) is 26.9 Å². The van der Waals surface area contributed by atoms with Crippen molar-refractivity contribution < 1.29 is 32.6 Å². The standard InChI is InChI=1S/C22H25F2N3O5/c1-30-16-6-4-15(18(10-16)31-2)13-27-9-8-22(23,24)11-17(21(27)29)26-20(28)14-5-7-19(32-3)25-12-14/h4-7,10,12,17H,8-9,11,13H2,1-3H3,(H,26,28)/t17-/m1/s1. The summed E-state index contributed by atoms with van der Waals surface area (Å²) in [6.07, 6.45) is -0.0292. The summed E-state index contributed by atoms with van der Waals surface area (Å²) < 4.78 is 44.3. The molecule has 1 aliphatic rings. The van der Waals surface area contributed by atoms with Gasteiger partial charge in [0.15, 0.2) is 0 Å². The first-order valence-corrected chi connectivity index (χ1v) is 9.94. The third kappa shape index (κ3) is 5.43. The average molecular weight is 449 g/mol. The maximum absolute atomic E-state index is 14.4. The van der Waals surface area contributed by atoms with Gasteiger partial charge >= 0.3 is 0 Å². The predicted molar refractivity (Wildman–Crippen MR) is 111 cm³/mol. The number of benzene rings is 1. The number of methoxy groups -OCH3 is 3. The van der Waals surface area contributed by atoms with Crippen LogP contribution in [0.1, 0.15) is 28.8 Å². The van der Waals surface area contributed by atoms with Gasteiger partial charge in [0, 0.05) is 49.8 Å². The number of nitrogens with zero attached hydrogens (tertiary/aromatic N) is 2. The Labute approximate surface area is 184 Å². The number of hydrogen-bond donors (Lipinski definition) is 1. The number of nitrogens with one attached hydrogen (secondary N) is 1. The van der Waals surface area contributed by atoms with Gasteiger partial charge in [0.25, 0.3) is 11.8 Å². The van der Waals surface area contributed by atoms with Crippen LogP contribution in [0.25, 0.3) is 0 Å². The van der Waals surface area contributed by atoms with Crippen LogP contribution >= 0.6 is 0 Å². The van der Waals surface area contributed by atoms with Gasteiger partial charge in [-0.1, -0.05) is 0 Å². The van der Waals surface area contributed by atoms with E-state index in [9.17, 15) is 18.4 Å². The normalized spacial score (nSPS) is 18.0. The molecular formula is C22H25F2N3O5. The van der Waals surface area contributed by atoms with E-state index in [-0.39, 0.29) is 18.7 Å². The molecule has 1 saturated heterocycles. The molecule has 1 N–H and O–H groups in total. The van der Waals surface area contributed by atoms with Crippen molar-refractivity contribution in [3.63, 3.8) is 0 Å². The molecule has 2 amide bonds. The van der Waals surface area contributed by atoms with Crippen LogP contribution in [0.2, 0.25) is 0 Å². The second-order valence-corrected chi connectivity index (χ2v) is 7.36. The topological polar surface area (TPSA) is 90.0 Å². The molecule has 1 aromatic carbocycles. The molecule has 1 aliphatic heterocycles. The second-order valence-electron chi connectivity index (χ2n) is 7.36. The third-order valence-electron chi connectivity index (χ3n) is 5.23. The summed E-state index contributed by atoms with van der Waals surface area (Å²) >= 11 is 0. The number of halogens is 2. The van der Waals surface area contributed by atoms with Crippen LogP contribution in [-0.2, 0) is 11.3 Å². The van der Waals surface area contributed by atoms with Gasteiger partial charge in [0.2, 0.25) is 11.8 Å². The van der Waals surface area contributed by atoms with Crippen LogP contribution < -0.4 is 19.5 Å². The highest BCUT2D eigenvalue weighted by atomic mass is 19.3. The highest BCUT2D eigenvalue weighted by Gasteiger charge is 2.42. The second kappa shape index (κ2) is 9.80. The third-order valence-corrected chi connectivity index (χ3v) is 5.23. The van der Waals surface area contributed by atoms with E-state index in [1.807, 2.05) is 0 Å². The molecule has 172 valence electrons. The van der Waals surface area contributed by atoms with Crippen LogP contribution in [0.4, 0.5) is 8.78 Å². The van der Waals surface area contributed by atoms with Crippen LogP contribution in [0, 0.1) is 0 Å². The Hall–Kier alpha value is -3.43. The van der Waals surface area contributed by atoms with Crippen LogP contribution in [0.5, 0.6) is 17.4 Å². The fourth-order valence-electron chi connectivity index (χ4n) is 3.45. The molecule has 0 spiro atoms. The van der Waals surface area contributed by atoms with Crippen molar-refractivity contribution >= 4 is 11.8 Å². The molecular weight excluding hydrogens is 424 g/mol. The minimum Gasteiger partial charge on any atom is -0.497 e. The molecule has 0 saturated carbocycles. The quantitative estimate of drug-likeness (QED) is 0.699. The Morgan fingerprint density at radius 3 is 2.59 bits per heavy atom. The lowest BCUT2D eigenvalue weighted by Crippen LogP contribution is -2.48. The van der Waals surface area contributed by atoms with Gasteiger partial charge < -0.3 is 24.4 Å². The highest BCUT2D eigenvalue weighted by molar-refractivity contribution is 5.97. The summed E-state index contributed by atoms with van der Waals surface area (Å²) in [5, 5.41) is 2.44. The molecule has 3 rings (SSSR count). The Morgan fingerprint density at radius 1 is 1.19 bits per heavy atom. The lowest BCUT2D eigenvalue weighted by atomic mass is 10.1. The summed E-state index contributed by atoms with van der Waals surface area (Å²) in [6, 6.07) is 6.60. The van der Waals surface area contributed by atoms with Gasteiger partial charge in [-0.05, 0) is 18.2 Å². The number of carbonyl (C=O) groups is 2. The lowest BCUT2D eigenvalue weighted by Gasteiger charge is -2.25. The van der Waals surface area contributed by atoms with E-state index in [1.165, 1.54) is 44.6 Å². The minimum absolute atomic E-state index is 0.0541. The Kier molecular flexibility index (Phi) is 7.12. The van der Waals surface area contributed by atoms with E-state index in [4.69, 9.17) is 14.2 Å². The lowest BCUT2D eigenvalue weighted by molar-refractivity contribution is -0.133. The minimum atomic E-state index is -3.11. The number of pyridine rings is 1.